The minimum atomic E-state index is -0.0597. The molecule has 1 unspecified atom stereocenters. The molecular formula is C16H17Cl. The van der Waals surface area contributed by atoms with E-state index in [9.17, 15) is 0 Å². The van der Waals surface area contributed by atoms with Crippen molar-refractivity contribution in [3.63, 3.8) is 0 Å². The normalized spacial score (nSPS) is 12.5. The number of aryl methyl sites for hydroxylation is 3. The summed E-state index contributed by atoms with van der Waals surface area (Å²) in [5, 5.41) is -0.0597. The number of hydrogen-bond acceptors (Lipinski definition) is 0. The molecule has 1 atom stereocenters. The highest BCUT2D eigenvalue weighted by Gasteiger charge is 2.12. The van der Waals surface area contributed by atoms with Gasteiger partial charge in [-0.3, -0.25) is 0 Å². The fourth-order valence-corrected chi connectivity index (χ4v) is 2.50. The molecule has 0 spiro atoms. The molecule has 2 aromatic rings. The Kier molecular flexibility index (Phi) is 3.54. The van der Waals surface area contributed by atoms with E-state index < -0.39 is 0 Å². The Hall–Kier alpha value is -1.27. The molecule has 1 heteroatoms. The van der Waals surface area contributed by atoms with E-state index in [1.54, 1.807) is 0 Å². The van der Waals surface area contributed by atoms with Gasteiger partial charge in [0.25, 0.3) is 0 Å². The molecule has 0 N–H and O–H groups in total. The highest BCUT2D eigenvalue weighted by Crippen LogP contribution is 2.31. The van der Waals surface area contributed by atoms with Gasteiger partial charge < -0.3 is 0 Å². The Bertz CT molecular complexity index is 529. The van der Waals surface area contributed by atoms with Crippen LogP contribution in [0.2, 0.25) is 0 Å². The molecule has 88 valence electrons. The van der Waals surface area contributed by atoms with Gasteiger partial charge in [-0.25, -0.2) is 0 Å². The van der Waals surface area contributed by atoms with E-state index >= 15 is 0 Å². The van der Waals surface area contributed by atoms with Crippen LogP contribution in [0, 0.1) is 20.8 Å². The third-order valence-electron chi connectivity index (χ3n) is 3.03. The molecule has 0 aliphatic heterocycles. The number of hydrogen-bond donors (Lipinski definition) is 0. The summed E-state index contributed by atoms with van der Waals surface area (Å²) in [6.45, 7) is 6.31. The number of alkyl halides is 1. The second-order valence-corrected chi connectivity index (χ2v) is 5.07. The first kappa shape index (κ1) is 12.2. The lowest BCUT2D eigenvalue weighted by Gasteiger charge is -2.14. The predicted octanol–water partition coefficient (Wildman–Crippen LogP) is 4.94. The van der Waals surface area contributed by atoms with E-state index in [0.29, 0.717) is 0 Å². The van der Waals surface area contributed by atoms with Crippen LogP contribution in [0.15, 0.2) is 42.5 Å². The van der Waals surface area contributed by atoms with Gasteiger partial charge in [-0.2, -0.15) is 0 Å². The molecule has 17 heavy (non-hydrogen) atoms. The van der Waals surface area contributed by atoms with Crippen LogP contribution in [0.5, 0.6) is 0 Å². The topological polar surface area (TPSA) is 0 Å². The lowest BCUT2D eigenvalue weighted by atomic mass is 9.97. The molecule has 0 saturated heterocycles. The third-order valence-corrected chi connectivity index (χ3v) is 3.52. The summed E-state index contributed by atoms with van der Waals surface area (Å²) in [5.41, 5.74) is 6.14. The predicted molar refractivity (Wildman–Crippen MR) is 74.8 cm³/mol. The van der Waals surface area contributed by atoms with Crippen LogP contribution in [-0.4, -0.2) is 0 Å². The number of benzene rings is 2. The van der Waals surface area contributed by atoms with Crippen LogP contribution in [0.1, 0.15) is 33.2 Å². The van der Waals surface area contributed by atoms with E-state index in [0.717, 1.165) is 0 Å². The van der Waals surface area contributed by atoms with Crippen LogP contribution < -0.4 is 0 Å². The largest absolute Gasteiger partial charge is 0.113 e. The van der Waals surface area contributed by atoms with E-state index in [1.165, 1.54) is 27.8 Å². The monoisotopic (exact) mass is 244 g/mol. The first-order valence-electron chi connectivity index (χ1n) is 5.85. The van der Waals surface area contributed by atoms with Crippen LogP contribution in [0.3, 0.4) is 0 Å². The molecule has 0 radical (unpaired) electrons. The van der Waals surface area contributed by atoms with Crippen molar-refractivity contribution < 1.29 is 0 Å². The fraction of sp³-hybridized carbons (Fsp3) is 0.250. The lowest BCUT2D eigenvalue weighted by molar-refractivity contribution is 1.10. The summed E-state index contributed by atoms with van der Waals surface area (Å²) in [6, 6.07) is 14.8. The molecule has 0 aromatic heterocycles. The molecule has 0 amide bonds. The number of rotatable bonds is 2. The smallest absolute Gasteiger partial charge is 0.0838 e. The molecule has 0 nitrogen and oxygen atoms in total. The van der Waals surface area contributed by atoms with E-state index in [-0.39, 0.29) is 5.38 Å². The zero-order chi connectivity index (χ0) is 12.4. The van der Waals surface area contributed by atoms with Crippen LogP contribution in [0.4, 0.5) is 0 Å². The molecule has 0 heterocycles. The fourth-order valence-electron chi connectivity index (χ4n) is 2.12. The molecule has 0 aliphatic carbocycles. The SMILES string of the molecule is Cc1cccc(C(Cl)c2ccc(C)cc2C)c1. The maximum Gasteiger partial charge on any atom is 0.0838 e. The molecule has 0 fully saturated rings. The summed E-state index contributed by atoms with van der Waals surface area (Å²) in [6.07, 6.45) is 0. The highest BCUT2D eigenvalue weighted by atomic mass is 35.5. The number of halogens is 1. The Labute approximate surface area is 108 Å². The maximum atomic E-state index is 6.56. The minimum Gasteiger partial charge on any atom is -0.113 e. The van der Waals surface area contributed by atoms with Crippen molar-refractivity contribution in [1.82, 2.24) is 0 Å². The van der Waals surface area contributed by atoms with Crippen molar-refractivity contribution in [2.24, 2.45) is 0 Å². The van der Waals surface area contributed by atoms with Gasteiger partial charge >= 0.3 is 0 Å². The van der Waals surface area contributed by atoms with E-state index in [4.69, 9.17) is 11.6 Å². The summed E-state index contributed by atoms with van der Waals surface area (Å²) < 4.78 is 0. The van der Waals surface area contributed by atoms with E-state index in [2.05, 4.69) is 63.2 Å². The zero-order valence-electron chi connectivity index (χ0n) is 10.5. The maximum absolute atomic E-state index is 6.56. The molecule has 2 aromatic carbocycles. The van der Waals surface area contributed by atoms with Gasteiger partial charge in [-0.05, 0) is 37.5 Å². The molecule has 0 aliphatic rings. The van der Waals surface area contributed by atoms with Crippen LogP contribution >= 0.6 is 11.6 Å². The van der Waals surface area contributed by atoms with Gasteiger partial charge in [0, 0.05) is 0 Å². The second kappa shape index (κ2) is 4.93. The van der Waals surface area contributed by atoms with Gasteiger partial charge in [-0.1, -0.05) is 53.6 Å². The van der Waals surface area contributed by atoms with Crippen LogP contribution in [-0.2, 0) is 0 Å². The van der Waals surface area contributed by atoms with Gasteiger partial charge in [-0.15, -0.1) is 11.6 Å². The van der Waals surface area contributed by atoms with Gasteiger partial charge in [0.15, 0.2) is 0 Å². The Balaban J connectivity index is 2.40. The summed E-state index contributed by atoms with van der Waals surface area (Å²) in [5.74, 6) is 0. The summed E-state index contributed by atoms with van der Waals surface area (Å²) >= 11 is 6.56. The Morgan fingerprint density at radius 2 is 1.59 bits per heavy atom. The first-order valence-corrected chi connectivity index (χ1v) is 6.29. The lowest BCUT2D eigenvalue weighted by Crippen LogP contribution is -1.97. The Morgan fingerprint density at radius 3 is 2.24 bits per heavy atom. The standard InChI is InChI=1S/C16H17Cl/c1-11-5-4-6-14(10-11)16(17)15-8-7-12(2)9-13(15)3/h4-10,16H,1-3H3. The van der Waals surface area contributed by atoms with Crippen molar-refractivity contribution in [3.05, 3.63) is 70.3 Å². The molecule has 2 rings (SSSR count). The summed E-state index contributed by atoms with van der Waals surface area (Å²) in [7, 11) is 0. The van der Waals surface area contributed by atoms with Gasteiger partial charge in [0.2, 0.25) is 0 Å². The minimum absolute atomic E-state index is 0.0597. The molecule has 0 saturated carbocycles. The van der Waals surface area contributed by atoms with Crippen LogP contribution in [0.25, 0.3) is 0 Å². The Morgan fingerprint density at radius 1 is 0.882 bits per heavy atom. The molecule has 0 bridgehead atoms. The van der Waals surface area contributed by atoms with Gasteiger partial charge in [0.05, 0.1) is 5.38 Å². The second-order valence-electron chi connectivity index (χ2n) is 4.64. The van der Waals surface area contributed by atoms with Crippen molar-refractivity contribution in [3.8, 4) is 0 Å². The van der Waals surface area contributed by atoms with Crippen molar-refractivity contribution in [1.29, 1.82) is 0 Å². The van der Waals surface area contributed by atoms with Gasteiger partial charge in [0.1, 0.15) is 0 Å². The zero-order valence-corrected chi connectivity index (χ0v) is 11.3. The summed E-state index contributed by atoms with van der Waals surface area (Å²) in [4.78, 5) is 0. The van der Waals surface area contributed by atoms with E-state index in [1.807, 2.05) is 0 Å². The van der Waals surface area contributed by atoms with Crippen molar-refractivity contribution in [2.75, 3.05) is 0 Å². The van der Waals surface area contributed by atoms with Crippen molar-refractivity contribution >= 4 is 11.6 Å². The average molecular weight is 245 g/mol. The third kappa shape index (κ3) is 2.70. The van der Waals surface area contributed by atoms with Crippen molar-refractivity contribution in [2.45, 2.75) is 26.1 Å². The quantitative estimate of drug-likeness (QED) is 0.657. The average Bonchev–Trinajstić information content (AvgIpc) is 2.28. The highest BCUT2D eigenvalue weighted by molar-refractivity contribution is 6.22. The first-order chi connectivity index (χ1) is 8.08. The molecular weight excluding hydrogens is 228 g/mol.